The van der Waals surface area contributed by atoms with Gasteiger partial charge in [0.25, 0.3) is 6.43 Å². The highest BCUT2D eigenvalue weighted by Gasteiger charge is 2.19. The number of halogens is 2. The Kier molecular flexibility index (Phi) is 2.39. The monoisotopic (exact) mass is 205 g/mol. The molecule has 1 aromatic rings. The van der Waals surface area contributed by atoms with Crippen molar-refractivity contribution < 1.29 is 8.78 Å². The molecule has 2 heterocycles. The van der Waals surface area contributed by atoms with E-state index < -0.39 is 6.43 Å². The first-order valence-electron chi connectivity index (χ1n) is 4.14. The number of aromatic nitrogens is 2. The second kappa shape index (κ2) is 3.53. The molecule has 1 aliphatic rings. The van der Waals surface area contributed by atoms with Gasteiger partial charge in [-0.05, 0) is 12.8 Å². The second-order valence-corrected chi connectivity index (χ2v) is 3.91. The summed E-state index contributed by atoms with van der Waals surface area (Å²) in [5.41, 5.74) is 0. The van der Waals surface area contributed by atoms with E-state index in [1.165, 1.54) is 0 Å². The second-order valence-electron chi connectivity index (χ2n) is 2.92. The number of hydrogen-bond acceptors (Lipinski definition) is 4. The van der Waals surface area contributed by atoms with Gasteiger partial charge in [0.2, 0.25) is 5.13 Å². The predicted octanol–water partition coefficient (Wildman–Crippen LogP) is 2.08. The van der Waals surface area contributed by atoms with Crippen molar-refractivity contribution >= 4 is 16.5 Å². The molecule has 1 fully saturated rings. The van der Waals surface area contributed by atoms with Crippen LogP contribution in [0.25, 0.3) is 0 Å². The van der Waals surface area contributed by atoms with Crippen molar-refractivity contribution in [1.82, 2.24) is 10.2 Å². The molecule has 6 heteroatoms. The molecule has 0 atom stereocenters. The van der Waals surface area contributed by atoms with E-state index in [0.29, 0.717) is 5.13 Å². The molecule has 0 radical (unpaired) electrons. The van der Waals surface area contributed by atoms with Crippen molar-refractivity contribution in [3.63, 3.8) is 0 Å². The summed E-state index contributed by atoms with van der Waals surface area (Å²) in [5, 5.41) is 7.62. The van der Waals surface area contributed by atoms with Gasteiger partial charge in [0.15, 0.2) is 5.01 Å². The molecule has 0 saturated carbocycles. The van der Waals surface area contributed by atoms with Crippen LogP contribution >= 0.6 is 11.3 Å². The molecule has 0 aromatic carbocycles. The third-order valence-electron chi connectivity index (χ3n) is 1.99. The zero-order valence-electron chi connectivity index (χ0n) is 6.91. The number of rotatable bonds is 2. The van der Waals surface area contributed by atoms with Crippen LogP contribution in [0.5, 0.6) is 0 Å². The maximum atomic E-state index is 12.2. The lowest BCUT2D eigenvalue weighted by atomic mass is 10.4. The first-order chi connectivity index (χ1) is 6.27. The van der Waals surface area contributed by atoms with Gasteiger partial charge >= 0.3 is 0 Å². The van der Waals surface area contributed by atoms with Gasteiger partial charge in [-0.15, -0.1) is 10.2 Å². The molecule has 0 bridgehead atoms. The molecular formula is C7H9F2N3S. The molecule has 1 aliphatic heterocycles. The summed E-state index contributed by atoms with van der Waals surface area (Å²) in [6.07, 6.45) is -0.262. The van der Waals surface area contributed by atoms with Gasteiger partial charge in [-0.1, -0.05) is 11.3 Å². The van der Waals surface area contributed by atoms with Crippen molar-refractivity contribution in [1.29, 1.82) is 0 Å². The standard InChI is InChI=1S/C7H9F2N3S/c8-5(9)6-10-11-7(13-6)12-3-1-2-4-12/h5H,1-4H2. The topological polar surface area (TPSA) is 29.0 Å². The predicted molar refractivity (Wildman–Crippen MR) is 46.3 cm³/mol. The van der Waals surface area contributed by atoms with Crippen LogP contribution in [0.15, 0.2) is 0 Å². The van der Waals surface area contributed by atoms with E-state index in [-0.39, 0.29) is 5.01 Å². The minimum absolute atomic E-state index is 0.179. The van der Waals surface area contributed by atoms with Gasteiger partial charge in [-0.3, -0.25) is 0 Å². The minimum Gasteiger partial charge on any atom is -0.347 e. The zero-order valence-corrected chi connectivity index (χ0v) is 7.73. The summed E-state index contributed by atoms with van der Waals surface area (Å²) in [5.74, 6) is 0. The first kappa shape index (κ1) is 8.80. The van der Waals surface area contributed by atoms with E-state index >= 15 is 0 Å². The highest BCUT2D eigenvalue weighted by Crippen LogP contribution is 2.29. The van der Waals surface area contributed by atoms with E-state index in [4.69, 9.17) is 0 Å². The quantitative estimate of drug-likeness (QED) is 0.740. The van der Waals surface area contributed by atoms with Crippen molar-refractivity contribution in [2.24, 2.45) is 0 Å². The number of alkyl halides is 2. The smallest absolute Gasteiger partial charge is 0.291 e. The summed E-state index contributed by atoms with van der Waals surface area (Å²) in [6.45, 7) is 1.83. The molecular weight excluding hydrogens is 196 g/mol. The lowest BCUT2D eigenvalue weighted by Gasteiger charge is -2.10. The van der Waals surface area contributed by atoms with E-state index in [2.05, 4.69) is 10.2 Å². The molecule has 0 aliphatic carbocycles. The van der Waals surface area contributed by atoms with Gasteiger partial charge < -0.3 is 4.90 Å². The van der Waals surface area contributed by atoms with Crippen LogP contribution in [0, 0.1) is 0 Å². The van der Waals surface area contributed by atoms with Crippen LogP contribution in [-0.2, 0) is 0 Å². The highest BCUT2D eigenvalue weighted by molar-refractivity contribution is 7.15. The van der Waals surface area contributed by atoms with Gasteiger partial charge in [0.05, 0.1) is 0 Å². The summed E-state index contributed by atoms with van der Waals surface area (Å²) in [7, 11) is 0. The molecule has 13 heavy (non-hydrogen) atoms. The van der Waals surface area contributed by atoms with E-state index in [9.17, 15) is 8.78 Å². The molecule has 3 nitrogen and oxygen atoms in total. The molecule has 2 rings (SSSR count). The Labute approximate surface area is 78.4 Å². The summed E-state index contributed by atoms with van der Waals surface area (Å²) in [4.78, 5) is 2.00. The van der Waals surface area contributed by atoms with Gasteiger partial charge in [0.1, 0.15) is 0 Å². The Hall–Kier alpha value is -0.780. The van der Waals surface area contributed by atoms with Crippen LogP contribution in [0.4, 0.5) is 13.9 Å². The number of hydrogen-bond donors (Lipinski definition) is 0. The van der Waals surface area contributed by atoms with Crippen LogP contribution in [0.3, 0.4) is 0 Å². The lowest BCUT2D eigenvalue weighted by Crippen LogP contribution is -2.17. The van der Waals surface area contributed by atoms with Crippen LogP contribution in [-0.4, -0.2) is 23.3 Å². The van der Waals surface area contributed by atoms with Crippen LogP contribution < -0.4 is 4.90 Å². The molecule has 0 spiro atoms. The SMILES string of the molecule is FC(F)c1nnc(N2CCCC2)s1. The summed E-state index contributed by atoms with van der Waals surface area (Å²) in [6, 6.07) is 0. The fourth-order valence-electron chi connectivity index (χ4n) is 1.35. The van der Waals surface area contributed by atoms with Crippen LogP contribution in [0.2, 0.25) is 0 Å². The maximum absolute atomic E-state index is 12.2. The van der Waals surface area contributed by atoms with Crippen LogP contribution in [0.1, 0.15) is 24.3 Å². The number of nitrogens with zero attached hydrogens (tertiary/aromatic N) is 3. The maximum Gasteiger partial charge on any atom is 0.291 e. The van der Waals surface area contributed by atoms with E-state index in [1.807, 2.05) is 4.90 Å². The van der Waals surface area contributed by atoms with Gasteiger partial charge in [-0.2, -0.15) is 0 Å². The fourth-order valence-corrected chi connectivity index (χ4v) is 2.10. The molecule has 1 saturated heterocycles. The Morgan fingerprint density at radius 1 is 1.23 bits per heavy atom. The van der Waals surface area contributed by atoms with Crippen molar-refractivity contribution in [3.05, 3.63) is 5.01 Å². The average Bonchev–Trinajstić information content (AvgIpc) is 2.75. The Morgan fingerprint density at radius 2 is 1.92 bits per heavy atom. The molecule has 1 aromatic heterocycles. The molecule has 72 valence electrons. The number of anilines is 1. The van der Waals surface area contributed by atoms with Gasteiger partial charge in [-0.25, -0.2) is 8.78 Å². The molecule has 0 unspecified atom stereocenters. The summed E-state index contributed by atoms with van der Waals surface area (Å²) >= 11 is 0.992. The fraction of sp³-hybridized carbons (Fsp3) is 0.714. The average molecular weight is 205 g/mol. The minimum atomic E-state index is -2.49. The third-order valence-corrected chi connectivity index (χ3v) is 2.98. The molecule has 0 N–H and O–H groups in total. The van der Waals surface area contributed by atoms with Crippen molar-refractivity contribution in [3.8, 4) is 0 Å². The van der Waals surface area contributed by atoms with E-state index in [1.54, 1.807) is 0 Å². The zero-order chi connectivity index (χ0) is 9.26. The first-order valence-corrected chi connectivity index (χ1v) is 4.95. The largest absolute Gasteiger partial charge is 0.347 e. The lowest BCUT2D eigenvalue weighted by molar-refractivity contribution is 0.150. The third kappa shape index (κ3) is 1.77. The Balaban J connectivity index is 2.12. The molecule has 0 amide bonds. The summed E-state index contributed by atoms with van der Waals surface area (Å²) < 4.78 is 24.3. The Morgan fingerprint density at radius 3 is 2.46 bits per heavy atom. The van der Waals surface area contributed by atoms with Crippen molar-refractivity contribution in [2.45, 2.75) is 19.3 Å². The normalized spacial score (nSPS) is 17.3. The Bertz CT molecular complexity index is 283. The van der Waals surface area contributed by atoms with E-state index in [0.717, 1.165) is 37.3 Å². The van der Waals surface area contributed by atoms with Gasteiger partial charge in [0, 0.05) is 13.1 Å². The van der Waals surface area contributed by atoms with Crippen molar-refractivity contribution in [2.75, 3.05) is 18.0 Å². The highest BCUT2D eigenvalue weighted by atomic mass is 32.1.